The van der Waals surface area contributed by atoms with Crippen molar-refractivity contribution in [1.82, 2.24) is 0 Å². The summed E-state index contributed by atoms with van der Waals surface area (Å²) in [5, 5.41) is 0. The Hall–Kier alpha value is -0.653. The number of methoxy groups -OCH3 is 2. The average molecular weight is 204 g/mol. The molecular weight excluding hydrogens is 188 g/mol. The van der Waals surface area contributed by atoms with Crippen molar-refractivity contribution >= 4 is 14.8 Å². The van der Waals surface area contributed by atoms with Crippen LogP contribution in [0.3, 0.4) is 0 Å². The molecule has 0 N–H and O–H groups in total. The summed E-state index contributed by atoms with van der Waals surface area (Å²) >= 11 is 0. The third-order valence-electron chi connectivity index (χ3n) is 1.58. The van der Waals surface area contributed by atoms with Gasteiger partial charge in [0.05, 0.1) is 6.23 Å². The first-order valence-corrected chi connectivity index (χ1v) is 6.64. The number of ether oxygens (including phenoxy) is 3. The van der Waals surface area contributed by atoms with Crippen LogP contribution in [0, 0.1) is 0 Å². The van der Waals surface area contributed by atoms with Gasteiger partial charge in [-0.2, -0.15) is 0 Å². The van der Waals surface area contributed by atoms with Gasteiger partial charge in [-0.15, -0.1) is 0 Å². The van der Waals surface area contributed by atoms with Gasteiger partial charge in [0.2, 0.25) is 0 Å². The van der Waals surface area contributed by atoms with Crippen molar-refractivity contribution in [2.24, 2.45) is 0 Å². The second-order valence-corrected chi connectivity index (χ2v) is 5.48. The topological polar surface area (TPSA) is 44.8 Å². The summed E-state index contributed by atoms with van der Waals surface area (Å²) in [5.41, 5.74) is 0. The zero-order valence-electron chi connectivity index (χ0n) is 8.28. The van der Waals surface area contributed by atoms with E-state index in [1.165, 1.54) is 0 Å². The smallest absolute Gasteiger partial charge is 0.329 e. The maximum absolute atomic E-state index is 10.7. The summed E-state index contributed by atoms with van der Waals surface area (Å²) < 4.78 is 15.0. The lowest BCUT2D eigenvalue weighted by atomic mass is 10.7. The zero-order valence-corrected chi connectivity index (χ0v) is 9.43. The van der Waals surface area contributed by atoms with Crippen LogP contribution in [0.25, 0.3) is 0 Å². The first-order valence-electron chi connectivity index (χ1n) is 4.00. The van der Waals surface area contributed by atoms with Gasteiger partial charge in [0.25, 0.3) is 0 Å². The predicted molar refractivity (Wildman–Crippen MR) is 52.0 cm³/mol. The van der Waals surface area contributed by atoms with E-state index in [0.717, 1.165) is 6.08 Å². The number of esters is 1. The molecule has 0 bridgehead atoms. The minimum absolute atomic E-state index is 0.211. The summed E-state index contributed by atoms with van der Waals surface area (Å²) in [6.45, 7) is 5.31. The van der Waals surface area contributed by atoms with Gasteiger partial charge in [-0.1, -0.05) is 13.1 Å². The van der Waals surface area contributed by atoms with Crippen molar-refractivity contribution in [2.75, 3.05) is 20.4 Å². The number of hydrogen-bond acceptors (Lipinski definition) is 4. The molecule has 1 atom stereocenters. The van der Waals surface area contributed by atoms with E-state index in [1.807, 2.05) is 6.55 Å². The average Bonchev–Trinajstić information content (AvgIpc) is 2.16. The van der Waals surface area contributed by atoms with Crippen molar-refractivity contribution in [3.05, 3.63) is 12.7 Å². The molecule has 1 unspecified atom stereocenters. The fraction of sp³-hybridized carbons (Fsp3) is 0.625. The van der Waals surface area contributed by atoms with Crippen LogP contribution in [0.2, 0.25) is 6.55 Å². The largest absolute Gasteiger partial charge is 0.466 e. The lowest BCUT2D eigenvalue weighted by Crippen LogP contribution is -2.36. The summed E-state index contributed by atoms with van der Waals surface area (Å²) in [4.78, 5) is 10.7. The number of hydrogen-bond donors (Lipinski definition) is 0. The van der Waals surface area contributed by atoms with Crippen molar-refractivity contribution < 1.29 is 19.0 Å². The Balaban J connectivity index is 3.77. The third-order valence-corrected chi connectivity index (χ3v) is 3.75. The van der Waals surface area contributed by atoms with Gasteiger partial charge in [-0.3, -0.25) is 0 Å². The number of rotatable bonds is 6. The molecular formula is C8H16O4Si. The Kier molecular flexibility index (Phi) is 6.48. The minimum Gasteiger partial charge on any atom is -0.466 e. The monoisotopic (exact) mass is 204 g/mol. The SMILES string of the molecule is C=CC(=O)OC[SiH](C)C(OC)OC. The maximum atomic E-state index is 10.7. The van der Waals surface area contributed by atoms with Gasteiger partial charge >= 0.3 is 5.97 Å². The molecule has 5 heteroatoms. The Morgan fingerprint density at radius 3 is 2.46 bits per heavy atom. The van der Waals surface area contributed by atoms with Crippen molar-refractivity contribution in [2.45, 2.75) is 12.5 Å². The Morgan fingerprint density at radius 1 is 1.54 bits per heavy atom. The molecule has 0 aliphatic carbocycles. The zero-order chi connectivity index (χ0) is 10.3. The second-order valence-electron chi connectivity index (χ2n) is 2.65. The normalized spacial score (nSPS) is 12.6. The molecule has 0 rings (SSSR count). The van der Waals surface area contributed by atoms with Crippen LogP contribution in [-0.2, 0) is 19.0 Å². The molecule has 0 aromatic heterocycles. The van der Waals surface area contributed by atoms with Gasteiger partial charge in [0, 0.05) is 20.3 Å². The molecule has 0 fully saturated rings. The standard InChI is InChI=1S/C8H16O4Si/c1-5-7(9)12-6-13(4)8(10-2)11-3/h5,8,13H,1,6H2,2-4H3. The van der Waals surface area contributed by atoms with E-state index in [4.69, 9.17) is 14.2 Å². The molecule has 76 valence electrons. The van der Waals surface area contributed by atoms with E-state index in [2.05, 4.69) is 6.58 Å². The van der Waals surface area contributed by atoms with Crippen LogP contribution < -0.4 is 0 Å². The third kappa shape index (κ3) is 4.82. The molecule has 0 radical (unpaired) electrons. The first kappa shape index (κ1) is 12.3. The van der Waals surface area contributed by atoms with Crippen LogP contribution in [0.15, 0.2) is 12.7 Å². The highest BCUT2D eigenvalue weighted by atomic mass is 28.3. The molecule has 0 saturated heterocycles. The van der Waals surface area contributed by atoms with Gasteiger partial charge in [-0.05, 0) is 0 Å². The van der Waals surface area contributed by atoms with E-state index in [9.17, 15) is 4.79 Å². The van der Waals surface area contributed by atoms with E-state index >= 15 is 0 Å². The van der Waals surface area contributed by atoms with Gasteiger partial charge in [-0.25, -0.2) is 4.79 Å². The maximum Gasteiger partial charge on any atom is 0.329 e. The highest BCUT2D eigenvalue weighted by Gasteiger charge is 2.18. The summed E-state index contributed by atoms with van der Waals surface area (Å²) in [5.74, 6) is -0.608. The second kappa shape index (κ2) is 6.82. The molecule has 0 heterocycles. The molecule has 0 aromatic rings. The summed E-state index contributed by atoms with van der Waals surface area (Å²) in [6, 6.07) is 0. The highest BCUT2D eigenvalue weighted by molar-refractivity contribution is 6.58. The quantitative estimate of drug-likeness (QED) is 0.270. The molecule has 4 nitrogen and oxygen atoms in total. The molecule has 13 heavy (non-hydrogen) atoms. The van der Waals surface area contributed by atoms with Crippen molar-refractivity contribution in [1.29, 1.82) is 0 Å². The molecule has 0 amide bonds. The summed E-state index contributed by atoms with van der Waals surface area (Å²) in [6.07, 6.45) is 1.55. The van der Waals surface area contributed by atoms with Gasteiger partial charge in [0.15, 0.2) is 0 Å². The van der Waals surface area contributed by atoms with Crippen LogP contribution in [0.1, 0.15) is 0 Å². The fourth-order valence-corrected chi connectivity index (χ4v) is 2.43. The van der Waals surface area contributed by atoms with E-state index in [0.29, 0.717) is 6.23 Å². The highest BCUT2D eigenvalue weighted by Crippen LogP contribution is 1.98. The minimum atomic E-state index is -1.32. The van der Waals surface area contributed by atoms with Crippen molar-refractivity contribution in [3.63, 3.8) is 0 Å². The van der Waals surface area contributed by atoms with Crippen LogP contribution in [0.5, 0.6) is 0 Å². The van der Waals surface area contributed by atoms with Crippen LogP contribution in [-0.4, -0.2) is 41.1 Å². The molecule has 0 aliphatic rings. The molecule has 0 aromatic carbocycles. The van der Waals surface area contributed by atoms with E-state index in [1.54, 1.807) is 14.2 Å². The fourth-order valence-electron chi connectivity index (χ4n) is 0.912. The Bertz CT molecular complexity index is 168. The summed E-state index contributed by atoms with van der Waals surface area (Å²) in [7, 11) is 1.83. The number of carbonyl (C=O) groups is 1. The molecule has 0 aliphatic heterocycles. The lowest BCUT2D eigenvalue weighted by molar-refractivity contribution is -0.136. The number of carbonyl (C=O) groups excluding carboxylic acids is 1. The van der Waals surface area contributed by atoms with E-state index < -0.39 is 14.8 Å². The van der Waals surface area contributed by atoms with Crippen LogP contribution >= 0.6 is 0 Å². The van der Waals surface area contributed by atoms with Gasteiger partial charge in [0.1, 0.15) is 14.7 Å². The Morgan fingerprint density at radius 2 is 2.08 bits per heavy atom. The molecule has 0 spiro atoms. The van der Waals surface area contributed by atoms with Crippen LogP contribution in [0.4, 0.5) is 0 Å². The first-order chi connectivity index (χ1) is 6.15. The Labute approximate surface area is 80.1 Å². The van der Waals surface area contributed by atoms with E-state index in [-0.39, 0.29) is 5.91 Å². The molecule has 0 saturated carbocycles. The predicted octanol–water partition coefficient (Wildman–Crippen LogP) is 0.270. The lowest BCUT2D eigenvalue weighted by Gasteiger charge is -2.18. The van der Waals surface area contributed by atoms with Gasteiger partial charge < -0.3 is 14.2 Å². The van der Waals surface area contributed by atoms with Crippen molar-refractivity contribution in [3.8, 4) is 0 Å².